The molecule has 0 saturated heterocycles. The van der Waals surface area contributed by atoms with Crippen molar-refractivity contribution >= 4 is 0 Å². The van der Waals surface area contributed by atoms with E-state index in [0.29, 0.717) is 12.0 Å². The maximum Gasteiger partial charge on any atom is 0.161 e. The average molecular weight is 264 g/mol. The van der Waals surface area contributed by atoms with Gasteiger partial charge in [-0.2, -0.15) is 0 Å². The zero-order chi connectivity index (χ0) is 13.7. The molecule has 1 aromatic rings. The molecular weight excluding hydrogens is 240 g/mol. The van der Waals surface area contributed by atoms with E-state index < -0.39 is 0 Å². The third-order valence-corrected chi connectivity index (χ3v) is 3.98. The van der Waals surface area contributed by atoms with Crippen LogP contribution in [0.1, 0.15) is 24.8 Å². The Morgan fingerprint density at radius 2 is 2.00 bits per heavy atom. The van der Waals surface area contributed by atoms with Gasteiger partial charge in [0.05, 0.1) is 14.2 Å². The van der Waals surface area contributed by atoms with Gasteiger partial charge in [-0.05, 0) is 43.0 Å². The number of hydrogen-bond donors (Lipinski definition) is 2. The summed E-state index contributed by atoms with van der Waals surface area (Å²) in [5.41, 5.74) is 7.01. The minimum absolute atomic E-state index is 0.554. The van der Waals surface area contributed by atoms with E-state index in [4.69, 9.17) is 15.2 Å². The molecule has 1 aromatic carbocycles. The van der Waals surface area contributed by atoms with Crippen LogP contribution in [0.5, 0.6) is 11.5 Å². The Morgan fingerprint density at radius 1 is 1.21 bits per heavy atom. The van der Waals surface area contributed by atoms with E-state index >= 15 is 0 Å². The van der Waals surface area contributed by atoms with Gasteiger partial charge in [-0.15, -0.1) is 0 Å². The molecule has 0 heterocycles. The molecule has 2 atom stereocenters. The Morgan fingerprint density at radius 3 is 2.68 bits per heavy atom. The quantitative estimate of drug-likeness (QED) is 0.824. The minimum atomic E-state index is 0.554. The monoisotopic (exact) mass is 264 g/mol. The first-order valence-electron chi connectivity index (χ1n) is 6.92. The van der Waals surface area contributed by atoms with Crippen molar-refractivity contribution in [3.05, 3.63) is 23.8 Å². The highest BCUT2D eigenvalue weighted by molar-refractivity contribution is 5.42. The summed E-state index contributed by atoms with van der Waals surface area (Å²) in [4.78, 5) is 0. The second kappa shape index (κ2) is 6.78. The van der Waals surface area contributed by atoms with Gasteiger partial charge in [-0.25, -0.2) is 0 Å². The maximum atomic E-state index is 5.80. The largest absolute Gasteiger partial charge is 0.493 e. The molecule has 1 saturated carbocycles. The third-order valence-electron chi connectivity index (χ3n) is 3.98. The SMILES string of the molecule is COc1ccc(CNC2CCCC2CN)cc1OC. The van der Waals surface area contributed by atoms with Gasteiger partial charge >= 0.3 is 0 Å². The van der Waals surface area contributed by atoms with E-state index in [0.717, 1.165) is 24.6 Å². The minimum Gasteiger partial charge on any atom is -0.493 e. The molecule has 1 aliphatic carbocycles. The van der Waals surface area contributed by atoms with Crippen molar-refractivity contribution in [3.8, 4) is 11.5 Å². The van der Waals surface area contributed by atoms with Crippen LogP contribution in [-0.2, 0) is 6.54 Å². The number of nitrogens with one attached hydrogen (secondary N) is 1. The summed E-state index contributed by atoms with van der Waals surface area (Å²) in [6.07, 6.45) is 3.76. The molecule has 0 spiro atoms. The molecule has 3 N–H and O–H groups in total. The zero-order valence-electron chi connectivity index (χ0n) is 11.8. The van der Waals surface area contributed by atoms with Gasteiger partial charge in [0.15, 0.2) is 11.5 Å². The second-order valence-corrected chi connectivity index (χ2v) is 5.10. The highest BCUT2D eigenvalue weighted by Crippen LogP contribution is 2.28. The van der Waals surface area contributed by atoms with Gasteiger partial charge in [0.25, 0.3) is 0 Å². The summed E-state index contributed by atoms with van der Waals surface area (Å²) < 4.78 is 10.6. The van der Waals surface area contributed by atoms with Crippen LogP contribution in [0.4, 0.5) is 0 Å². The molecule has 4 nitrogen and oxygen atoms in total. The van der Waals surface area contributed by atoms with Crippen LogP contribution < -0.4 is 20.5 Å². The molecule has 0 aromatic heterocycles. The molecule has 0 radical (unpaired) electrons. The van der Waals surface area contributed by atoms with Gasteiger partial charge in [-0.1, -0.05) is 12.5 Å². The number of benzene rings is 1. The summed E-state index contributed by atoms with van der Waals surface area (Å²) >= 11 is 0. The van der Waals surface area contributed by atoms with Crippen LogP contribution in [-0.4, -0.2) is 26.8 Å². The maximum absolute atomic E-state index is 5.80. The van der Waals surface area contributed by atoms with Crippen molar-refractivity contribution in [3.63, 3.8) is 0 Å². The van der Waals surface area contributed by atoms with Crippen LogP contribution in [0.3, 0.4) is 0 Å². The Labute approximate surface area is 115 Å². The van der Waals surface area contributed by atoms with Gasteiger partial charge in [0.2, 0.25) is 0 Å². The molecule has 19 heavy (non-hydrogen) atoms. The summed E-state index contributed by atoms with van der Waals surface area (Å²) in [7, 11) is 3.32. The van der Waals surface area contributed by atoms with Crippen molar-refractivity contribution in [2.24, 2.45) is 11.7 Å². The summed E-state index contributed by atoms with van der Waals surface area (Å²) in [6.45, 7) is 1.63. The van der Waals surface area contributed by atoms with Crippen LogP contribution in [0.15, 0.2) is 18.2 Å². The lowest BCUT2D eigenvalue weighted by Gasteiger charge is -2.20. The van der Waals surface area contributed by atoms with Gasteiger partial charge in [0, 0.05) is 12.6 Å². The fourth-order valence-electron chi connectivity index (χ4n) is 2.83. The first-order valence-corrected chi connectivity index (χ1v) is 6.92. The highest BCUT2D eigenvalue weighted by atomic mass is 16.5. The molecule has 0 bridgehead atoms. The van der Waals surface area contributed by atoms with Crippen molar-refractivity contribution in [2.75, 3.05) is 20.8 Å². The Hall–Kier alpha value is -1.26. The van der Waals surface area contributed by atoms with E-state index in [1.54, 1.807) is 14.2 Å². The Kier molecular flexibility index (Phi) is 5.05. The number of hydrogen-bond acceptors (Lipinski definition) is 4. The zero-order valence-corrected chi connectivity index (χ0v) is 11.8. The Bertz CT molecular complexity index is 409. The Balaban J connectivity index is 1.96. The highest BCUT2D eigenvalue weighted by Gasteiger charge is 2.25. The van der Waals surface area contributed by atoms with E-state index in [1.807, 2.05) is 12.1 Å². The molecule has 106 valence electrons. The third kappa shape index (κ3) is 3.39. The summed E-state index contributed by atoms with van der Waals surface area (Å²) in [5.74, 6) is 2.18. The van der Waals surface area contributed by atoms with Gasteiger partial charge in [-0.3, -0.25) is 0 Å². The second-order valence-electron chi connectivity index (χ2n) is 5.10. The predicted octanol–water partition coefficient (Wildman–Crippen LogP) is 1.92. The first kappa shape index (κ1) is 14.2. The normalized spacial score (nSPS) is 22.5. The van der Waals surface area contributed by atoms with Gasteiger partial charge in [0.1, 0.15) is 0 Å². The first-order chi connectivity index (χ1) is 9.28. The molecule has 1 fully saturated rings. The molecule has 0 amide bonds. The van der Waals surface area contributed by atoms with Crippen LogP contribution >= 0.6 is 0 Å². The van der Waals surface area contributed by atoms with E-state index in [9.17, 15) is 0 Å². The van der Waals surface area contributed by atoms with Crippen molar-refractivity contribution in [1.82, 2.24) is 5.32 Å². The fourth-order valence-corrected chi connectivity index (χ4v) is 2.83. The standard InChI is InChI=1S/C15H24N2O2/c1-18-14-7-6-11(8-15(14)19-2)10-17-13-5-3-4-12(13)9-16/h6-8,12-13,17H,3-5,9-10,16H2,1-2H3. The van der Waals surface area contributed by atoms with Crippen molar-refractivity contribution in [1.29, 1.82) is 0 Å². The van der Waals surface area contributed by atoms with E-state index in [-0.39, 0.29) is 0 Å². The van der Waals surface area contributed by atoms with E-state index in [2.05, 4.69) is 11.4 Å². The smallest absolute Gasteiger partial charge is 0.161 e. The number of ether oxygens (including phenoxy) is 2. The average Bonchev–Trinajstić information content (AvgIpc) is 2.92. The number of methoxy groups -OCH3 is 2. The molecule has 0 aliphatic heterocycles. The number of nitrogens with two attached hydrogens (primary N) is 1. The number of rotatable bonds is 6. The van der Waals surface area contributed by atoms with Crippen molar-refractivity contribution in [2.45, 2.75) is 31.8 Å². The molecule has 4 heteroatoms. The lowest BCUT2D eigenvalue weighted by molar-refractivity contribution is 0.354. The van der Waals surface area contributed by atoms with Gasteiger partial charge < -0.3 is 20.5 Å². The summed E-state index contributed by atoms with van der Waals surface area (Å²) in [6, 6.07) is 6.60. The molecule has 2 rings (SSSR count). The van der Waals surface area contributed by atoms with Crippen LogP contribution in [0.2, 0.25) is 0 Å². The molecule has 1 aliphatic rings. The summed E-state index contributed by atoms with van der Waals surface area (Å²) in [5, 5.41) is 3.61. The molecular formula is C15H24N2O2. The lowest BCUT2D eigenvalue weighted by Crippen LogP contribution is -2.35. The van der Waals surface area contributed by atoms with Crippen LogP contribution in [0, 0.1) is 5.92 Å². The predicted molar refractivity (Wildman–Crippen MR) is 76.6 cm³/mol. The lowest BCUT2D eigenvalue weighted by atomic mass is 10.0. The fraction of sp³-hybridized carbons (Fsp3) is 0.600. The molecule has 2 unspecified atom stereocenters. The van der Waals surface area contributed by atoms with E-state index in [1.165, 1.54) is 24.8 Å². The van der Waals surface area contributed by atoms with Crippen molar-refractivity contribution < 1.29 is 9.47 Å². The topological polar surface area (TPSA) is 56.5 Å². The van der Waals surface area contributed by atoms with Crippen LogP contribution in [0.25, 0.3) is 0 Å².